The third kappa shape index (κ3) is 7.06. The van der Waals surface area contributed by atoms with Crippen molar-refractivity contribution in [3.8, 4) is 16.9 Å². The molecule has 0 radical (unpaired) electrons. The summed E-state index contributed by atoms with van der Waals surface area (Å²) in [4.78, 5) is 0. The van der Waals surface area contributed by atoms with Crippen LogP contribution in [0.3, 0.4) is 0 Å². The fourth-order valence-corrected chi connectivity index (χ4v) is 4.98. The Kier molecular flexibility index (Phi) is 9.27. The van der Waals surface area contributed by atoms with Gasteiger partial charge in [-0.2, -0.15) is 17.6 Å². The van der Waals surface area contributed by atoms with Gasteiger partial charge in [0.25, 0.3) is 6.08 Å². The van der Waals surface area contributed by atoms with Gasteiger partial charge in [-0.05, 0) is 90.8 Å². The van der Waals surface area contributed by atoms with Crippen LogP contribution in [0.2, 0.25) is 0 Å². The van der Waals surface area contributed by atoms with Crippen molar-refractivity contribution in [3.63, 3.8) is 0 Å². The number of fused-ring (bicyclic) bond motifs is 1. The first kappa shape index (κ1) is 31.7. The Morgan fingerprint density at radius 3 is 2.07 bits per heavy atom. The van der Waals surface area contributed by atoms with Gasteiger partial charge >= 0.3 is 6.11 Å². The normalized spacial score (nSPS) is 15.9. The van der Waals surface area contributed by atoms with Crippen molar-refractivity contribution in [2.24, 2.45) is 5.92 Å². The highest BCUT2D eigenvalue weighted by molar-refractivity contribution is 5.68. The summed E-state index contributed by atoms with van der Waals surface area (Å²) in [6, 6.07) is 8.62. The van der Waals surface area contributed by atoms with Crippen LogP contribution in [0.25, 0.3) is 23.3 Å². The molecule has 3 aromatic carbocycles. The molecule has 1 atom stereocenters. The Morgan fingerprint density at radius 2 is 1.47 bits per heavy atom. The summed E-state index contributed by atoms with van der Waals surface area (Å²) in [5.41, 5.74) is -0.515. The van der Waals surface area contributed by atoms with Crippen LogP contribution in [0.1, 0.15) is 41.7 Å². The number of hydrogen-bond donors (Lipinski definition) is 0. The third-order valence-corrected chi connectivity index (χ3v) is 6.98. The van der Waals surface area contributed by atoms with Crippen LogP contribution in [-0.4, -0.2) is 6.11 Å². The third-order valence-electron chi connectivity index (χ3n) is 6.98. The summed E-state index contributed by atoms with van der Waals surface area (Å²) < 4.78 is 133. The molecule has 3 aromatic rings. The van der Waals surface area contributed by atoms with Crippen molar-refractivity contribution in [3.05, 3.63) is 123 Å². The summed E-state index contributed by atoms with van der Waals surface area (Å²) in [6.45, 7) is 4.21. The van der Waals surface area contributed by atoms with Gasteiger partial charge in [0.05, 0.1) is 0 Å². The molecule has 0 aliphatic heterocycles. The van der Waals surface area contributed by atoms with Crippen LogP contribution >= 0.6 is 0 Å². The fourth-order valence-electron chi connectivity index (χ4n) is 4.98. The van der Waals surface area contributed by atoms with Gasteiger partial charge in [0.2, 0.25) is 0 Å². The average Bonchev–Trinajstić information content (AvgIpc) is 3.28. The molecule has 1 aliphatic rings. The molecule has 0 heterocycles. The predicted molar refractivity (Wildman–Crippen MR) is 147 cm³/mol. The molecule has 10 heteroatoms. The van der Waals surface area contributed by atoms with Gasteiger partial charge < -0.3 is 4.74 Å². The largest absolute Gasteiger partial charge is 0.432 e. The highest BCUT2D eigenvalue weighted by Crippen LogP contribution is 2.38. The standard InChI is InChI=1S/C33H25F9O/c1-4-26(34)32(33(41,42)43-23-11-18(3)25(16-31(39)40)30(38)15-23)27(35)8-7-24-28(36)13-22(14-29(24)37)20-6-5-19-9-17(2)10-21(19)12-20/h4-8,11-17H,9-10H2,1-3H3/b8-7+,26-4+,32-27-. The van der Waals surface area contributed by atoms with Gasteiger partial charge in [0.1, 0.15) is 40.4 Å². The van der Waals surface area contributed by atoms with Crippen LogP contribution in [0.5, 0.6) is 5.75 Å². The van der Waals surface area contributed by atoms with Crippen molar-refractivity contribution in [2.45, 2.75) is 39.7 Å². The van der Waals surface area contributed by atoms with Gasteiger partial charge in [0.15, 0.2) is 0 Å². The Labute approximate surface area is 242 Å². The van der Waals surface area contributed by atoms with E-state index in [1.165, 1.54) is 0 Å². The number of rotatable bonds is 8. The van der Waals surface area contributed by atoms with Crippen LogP contribution in [-0.2, 0) is 12.8 Å². The maximum atomic E-state index is 15.1. The smallest absolute Gasteiger partial charge is 0.429 e. The molecule has 0 amide bonds. The maximum absolute atomic E-state index is 15.1. The first-order chi connectivity index (χ1) is 20.2. The number of hydrogen-bond acceptors (Lipinski definition) is 1. The summed E-state index contributed by atoms with van der Waals surface area (Å²) in [6.07, 6.45) is -3.81. The topological polar surface area (TPSA) is 9.23 Å². The minimum atomic E-state index is -4.77. The van der Waals surface area contributed by atoms with Crippen molar-refractivity contribution in [2.75, 3.05) is 0 Å². The zero-order valence-corrected chi connectivity index (χ0v) is 23.2. The molecule has 0 saturated heterocycles. The average molecular weight is 609 g/mol. The van der Waals surface area contributed by atoms with Crippen LogP contribution in [0, 0.1) is 30.3 Å². The number of benzene rings is 3. The molecule has 1 unspecified atom stereocenters. The molecule has 4 rings (SSSR count). The van der Waals surface area contributed by atoms with E-state index >= 15 is 13.2 Å². The van der Waals surface area contributed by atoms with Gasteiger partial charge in [0, 0.05) is 23.3 Å². The van der Waals surface area contributed by atoms with Crippen molar-refractivity contribution >= 4 is 12.2 Å². The van der Waals surface area contributed by atoms with E-state index in [1.54, 1.807) is 6.07 Å². The lowest BCUT2D eigenvalue weighted by molar-refractivity contribution is -0.142. The minimum absolute atomic E-state index is 0.179. The monoisotopic (exact) mass is 608 g/mol. The first-order valence-corrected chi connectivity index (χ1v) is 13.1. The van der Waals surface area contributed by atoms with Crippen molar-refractivity contribution in [1.29, 1.82) is 0 Å². The highest BCUT2D eigenvalue weighted by Gasteiger charge is 2.42. The Bertz CT molecular complexity index is 1630. The number of allylic oxidation sites excluding steroid dienone is 3. The summed E-state index contributed by atoms with van der Waals surface area (Å²) in [7, 11) is 0. The first-order valence-electron chi connectivity index (χ1n) is 13.1. The second-order valence-electron chi connectivity index (χ2n) is 10.2. The summed E-state index contributed by atoms with van der Waals surface area (Å²) in [5.74, 6) is -7.75. The van der Waals surface area contributed by atoms with E-state index in [-0.39, 0.29) is 23.3 Å². The van der Waals surface area contributed by atoms with Gasteiger partial charge in [-0.3, -0.25) is 0 Å². The number of halogens is 9. The number of ether oxygens (including phenoxy) is 1. The molecule has 1 aliphatic carbocycles. The second kappa shape index (κ2) is 12.6. The zero-order chi connectivity index (χ0) is 31.6. The van der Waals surface area contributed by atoms with E-state index in [2.05, 4.69) is 11.7 Å². The van der Waals surface area contributed by atoms with Gasteiger partial charge in [-0.15, -0.1) is 0 Å². The van der Waals surface area contributed by atoms with E-state index in [0.29, 0.717) is 29.7 Å². The second-order valence-corrected chi connectivity index (χ2v) is 10.2. The quantitative estimate of drug-likeness (QED) is 0.183. The lowest BCUT2D eigenvalue weighted by Gasteiger charge is -2.21. The van der Waals surface area contributed by atoms with E-state index < -0.39 is 63.7 Å². The maximum Gasteiger partial charge on any atom is 0.432 e. The fraction of sp³-hybridized carbons (Fsp3) is 0.212. The molecule has 0 spiro atoms. The lowest BCUT2D eigenvalue weighted by atomic mass is 9.98. The minimum Gasteiger partial charge on any atom is -0.429 e. The Balaban J connectivity index is 1.66. The van der Waals surface area contributed by atoms with Gasteiger partial charge in [-0.1, -0.05) is 31.2 Å². The lowest BCUT2D eigenvalue weighted by Crippen LogP contribution is -2.29. The zero-order valence-electron chi connectivity index (χ0n) is 23.2. The van der Waals surface area contributed by atoms with Crippen molar-refractivity contribution in [1.82, 2.24) is 0 Å². The van der Waals surface area contributed by atoms with Crippen molar-refractivity contribution < 1.29 is 44.3 Å². The molecule has 0 fully saturated rings. The molecule has 226 valence electrons. The molecule has 43 heavy (non-hydrogen) atoms. The highest BCUT2D eigenvalue weighted by atomic mass is 19.3. The Morgan fingerprint density at radius 1 is 0.837 bits per heavy atom. The number of aryl methyl sites for hydroxylation is 1. The summed E-state index contributed by atoms with van der Waals surface area (Å²) in [5, 5.41) is 0. The molecule has 1 nitrogen and oxygen atoms in total. The van der Waals surface area contributed by atoms with E-state index in [1.807, 2.05) is 12.1 Å². The molecular formula is C33H25F9O. The number of alkyl halides is 2. The van der Waals surface area contributed by atoms with Crippen LogP contribution in [0.4, 0.5) is 39.5 Å². The van der Waals surface area contributed by atoms with E-state index in [9.17, 15) is 26.3 Å². The molecule has 0 bridgehead atoms. The molecule has 0 aromatic heterocycles. The Hall–Kier alpha value is -4.21. The summed E-state index contributed by atoms with van der Waals surface area (Å²) >= 11 is 0. The molecule has 0 saturated carbocycles. The van der Waals surface area contributed by atoms with E-state index in [4.69, 9.17) is 0 Å². The van der Waals surface area contributed by atoms with Crippen LogP contribution in [0.15, 0.2) is 77.9 Å². The molecular weight excluding hydrogens is 583 g/mol. The van der Waals surface area contributed by atoms with Gasteiger partial charge in [-0.25, -0.2) is 22.0 Å². The van der Waals surface area contributed by atoms with Crippen LogP contribution < -0.4 is 4.74 Å². The predicted octanol–water partition coefficient (Wildman–Crippen LogP) is 10.8. The molecule has 0 N–H and O–H groups in total. The SMILES string of the molecule is C\C=C(F)/C(=C(F)\C=C\c1c(F)cc(-c2ccc3c(c2)CC(C)C3)cc1F)C(F)(F)Oc1cc(C)c(C=C(F)F)c(F)c1. The van der Waals surface area contributed by atoms with E-state index in [0.717, 1.165) is 56.0 Å².